The van der Waals surface area contributed by atoms with Gasteiger partial charge in [-0.3, -0.25) is 4.79 Å². The van der Waals surface area contributed by atoms with Crippen LogP contribution in [0.3, 0.4) is 0 Å². The summed E-state index contributed by atoms with van der Waals surface area (Å²) in [4.78, 5) is 26.8. The average molecular weight is 369 g/mol. The van der Waals surface area contributed by atoms with Gasteiger partial charge in [0.2, 0.25) is 0 Å². The predicted molar refractivity (Wildman–Crippen MR) is 82.5 cm³/mol. The molecule has 2 rings (SSSR count). The molecule has 1 atom stereocenters. The number of nitrogens with zero attached hydrogens (tertiary/aromatic N) is 4. The molecule has 0 spiro atoms. The molecule has 0 saturated carbocycles. The van der Waals surface area contributed by atoms with Gasteiger partial charge in [-0.15, -0.1) is 5.10 Å². The third-order valence-corrected chi connectivity index (χ3v) is 3.25. The quantitative estimate of drug-likeness (QED) is 0.752. The Balaban J connectivity index is 2.13. The van der Waals surface area contributed by atoms with Gasteiger partial charge in [-0.05, 0) is 25.5 Å². The smallest absolute Gasteiger partial charge is 0.417 e. The molecule has 2 N–H and O–H groups in total. The van der Waals surface area contributed by atoms with Crippen LogP contribution < -0.4 is 5.32 Å². The van der Waals surface area contributed by atoms with E-state index in [1.54, 1.807) is 19.1 Å². The van der Waals surface area contributed by atoms with Gasteiger partial charge < -0.3 is 10.4 Å². The van der Waals surface area contributed by atoms with Crippen LogP contribution in [0, 0.1) is 0 Å². The molecule has 1 amide bonds. The maximum Gasteiger partial charge on any atom is 0.417 e. The highest BCUT2D eigenvalue weighted by molar-refractivity contribution is 5.94. The average Bonchev–Trinajstić information content (AvgIpc) is 3.07. The van der Waals surface area contributed by atoms with Crippen molar-refractivity contribution >= 4 is 11.9 Å². The standard InChI is InChI=1S/C15H14F3N5O3/c1-2-3-4-10(14(25)26)20-13(24)11-8-23(22-21-11)12-6-5-9(7-19-12)15(16,17)18/h2-3,5-8,10H,4H2,1H3,(H,20,24)(H,25,26)/b3-2+. The SMILES string of the molecule is C/C=C/CC(NC(=O)c1cn(-c2ccc(C(F)(F)F)cn2)nn1)C(=O)O. The van der Waals surface area contributed by atoms with Gasteiger partial charge in [0.25, 0.3) is 5.91 Å². The van der Waals surface area contributed by atoms with Crippen molar-refractivity contribution in [2.45, 2.75) is 25.6 Å². The number of aliphatic carboxylic acids is 1. The fourth-order valence-corrected chi connectivity index (χ4v) is 1.89. The van der Waals surface area contributed by atoms with Crippen LogP contribution in [0.25, 0.3) is 5.82 Å². The Labute approximate surface area is 145 Å². The minimum atomic E-state index is -4.52. The number of carbonyl (C=O) groups is 2. The number of aromatic nitrogens is 4. The van der Waals surface area contributed by atoms with Gasteiger partial charge in [0, 0.05) is 6.20 Å². The van der Waals surface area contributed by atoms with Crippen LogP contribution in [-0.4, -0.2) is 43.0 Å². The molecule has 0 aliphatic heterocycles. The summed E-state index contributed by atoms with van der Waals surface area (Å²) in [6.07, 6.45) is 0.578. The van der Waals surface area contributed by atoms with Gasteiger partial charge in [0.05, 0.1) is 11.8 Å². The van der Waals surface area contributed by atoms with Crippen LogP contribution in [0.15, 0.2) is 36.7 Å². The second-order valence-corrected chi connectivity index (χ2v) is 5.12. The van der Waals surface area contributed by atoms with Gasteiger partial charge in [0.1, 0.15) is 6.04 Å². The van der Waals surface area contributed by atoms with Crippen molar-refractivity contribution in [2.75, 3.05) is 0 Å². The first-order valence-electron chi connectivity index (χ1n) is 7.33. The molecule has 0 fully saturated rings. The minimum absolute atomic E-state index is 0.0215. The number of carbonyl (C=O) groups excluding carboxylic acids is 1. The maximum absolute atomic E-state index is 12.5. The fourth-order valence-electron chi connectivity index (χ4n) is 1.89. The molecular formula is C15H14F3N5O3. The highest BCUT2D eigenvalue weighted by Gasteiger charge is 2.30. The zero-order chi connectivity index (χ0) is 19.3. The Hall–Kier alpha value is -3.24. The zero-order valence-corrected chi connectivity index (χ0v) is 13.4. The Bertz CT molecular complexity index is 815. The first kappa shape index (κ1) is 19.1. The monoisotopic (exact) mass is 369 g/mol. The number of alkyl halides is 3. The lowest BCUT2D eigenvalue weighted by molar-refractivity contribution is -0.139. The van der Waals surface area contributed by atoms with E-state index in [4.69, 9.17) is 5.11 Å². The number of amides is 1. The number of halogens is 3. The van der Waals surface area contributed by atoms with Gasteiger partial charge in [-0.25, -0.2) is 14.5 Å². The largest absolute Gasteiger partial charge is 0.480 e. The lowest BCUT2D eigenvalue weighted by atomic mass is 10.2. The van der Waals surface area contributed by atoms with Crippen LogP contribution in [-0.2, 0) is 11.0 Å². The number of carboxylic acid groups (broad SMARTS) is 1. The summed E-state index contributed by atoms with van der Waals surface area (Å²) >= 11 is 0. The van der Waals surface area contributed by atoms with Crippen LogP contribution >= 0.6 is 0 Å². The number of nitrogens with one attached hydrogen (secondary N) is 1. The Morgan fingerprint density at radius 2 is 2.12 bits per heavy atom. The summed E-state index contributed by atoms with van der Waals surface area (Å²) in [5.74, 6) is -1.97. The van der Waals surface area contributed by atoms with Crippen molar-refractivity contribution in [3.05, 3.63) is 47.9 Å². The molecule has 0 radical (unpaired) electrons. The third kappa shape index (κ3) is 4.65. The molecule has 1 unspecified atom stereocenters. The van der Waals surface area contributed by atoms with Crippen LogP contribution in [0.5, 0.6) is 0 Å². The van der Waals surface area contributed by atoms with Crippen LogP contribution in [0.2, 0.25) is 0 Å². The van der Waals surface area contributed by atoms with Crippen LogP contribution in [0.1, 0.15) is 29.4 Å². The third-order valence-electron chi connectivity index (χ3n) is 3.25. The molecule has 2 aromatic rings. The summed E-state index contributed by atoms with van der Waals surface area (Å²) in [6, 6.07) is 0.750. The van der Waals surface area contributed by atoms with Crippen LogP contribution in [0.4, 0.5) is 13.2 Å². The second kappa shape index (κ2) is 7.76. The number of pyridine rings is 1. The molecule has 8 nitrogen and oxygen atoms in total. The van der Waals surface area contributed by atoms with Crippen molar-refractivity contribution in [3.8, 4) is 5.82 Å². The topological polar surface area (TPSA) is 110 Å². The summed E-state index contributed by atoms with van der Waals surface area (Å²) in [5.41, 5.74) is -1.12. The van der Waals surface area contributed by atoms with Gasteiger partial charge in [0.15, 0.2) is 11.5 Å². The number of hydrogen-bond acceptors (Lipinski definition) is 5. The first-order valence-corrected chi connectivity index (χ1v) is 7.33. The Kier molecular flexibility index (Phi) is 5.70. The maximum atomic E-state index is 12.5. The normalized spacial score (nSPS) is 12.9. The lowest BCUT2D eigenvalue weighted by Crippen LogP contribution is -2.40. The van der Waals surface area contributed by atoms with E-state index in [2.05, 4.69) is 20.6 Å². The molecule has 0 aromatic carbocycles. The summed E-state index contributed by atoms with van der Waals surface area (Å²) in [6.45, 7) is 1.71. The van der Waals surface area contributed by atoms with E-state index in [1.807, 2.05) is 0 Å². The molecular weight excluding hydrogens is 355 g/mol. The van der Waals surface area contributed by atoms with E-state index in [9.17, 15) is 22.8 Å². The van der Waals surface area contributed by atoms with Gasteiger partial charge in [-0.2, -0.15) is 13.2 Å². The number of rotatable bonds is 6. The van der Waals surface area contributed by atoms with Crippen molar-refractivity contribution in [1.29, 1.82) is 0 Å². The number of hydrogen-bond donors (Lipinski definition) is 2. The molecule has 0 aliphatic rings. The molecule has 26 heavy (non-hydrogen) atoms. The fraction of sp³-hybridized carbons (Fsp3) is 0.267. The minimum Gasteiger partial charge on any atom is -0.480 e. The number of carboxylic acids is 1. The van der Waals surface area contributed by atoms with Crippen molar-refractivity contribution in [1.82, 2.24) is 25.3 Å². The molecule has 0 saturated heterocycles. The van der Waals surface area contributed by atoms with E-state index in [1.165, 1.54) is 0 Å². The summed E-state index contributed by atoms with van der Waals surface area (Å²) in [7, 11) is 0. The van der Waals surface area contributed by atoms with E-state index in [0.717, 1.165) is 23.0 Å². The van der Waals surface area contributed by atoms with Crippen molar-refractivity contribution < 1.29 is 27.9 Å². The molecule has 0 bridgehead atoms. The van der Waals surface area contributed by atoms with E-state index in [0.29, 0.717) is 6.20 Å². The highest BCUT2D eigenvalue weighted by Crippen LogP contribution is 2.28. The molecule has 11 heteroatoms. The predicted octanol–water partition coefficient (Wildman–Crippen LogP) is 1.83. The molecule has 0 aliphatic carbocycles. The summed E-state index contributed by atoms with van der Waals surface area (Å²) in [5, 5.41) is 18.6. The molecule has 2 heterocycles. The Morgan fingerprint density at radius 1 is 1.38 bits per heavy atom. The van der Waals surface area contributed by atoms with Crippen molar-refractivity contribution in [2.24, 2.45) is 0 Å². The zero-order valence-electron chi connectivity index (χ0n) is 13.4. The van der Waals surface area contributed by atoms with E-state index < -0.39 is 29.7 Å². The first-order chi connectivity index (χ1) is 12.2. The van der Waals surface area contributed by atoms with Gasteiger partial charge >= 0.3 is 12.1 Å². The lowest BCUT2D eigenvalue weighted by Gasteiger charge is -2.10. The van der Waals surface area contributed by atoms with Gasteiger partial charge in [-0.1, -0.05) is 17.4 Å². The summed E-state index contributed by atoms with van der Waals surface area (Å²) < 4.78 is 38.6. The molecule has 2 aromatic heterocycles. The van der Waals surface area contributed by atoms with E-state index in [-0.39, 0.29) is 17.9 Å². The van der Waals surface area contributed by atoms with Crippen molar-refractivity contribution in [3.63, 3.8) is 0 Å². The second-order valence-electron chi connectivity index (χ2n) is 5.12. The molecule has 138 valence electrons. The highest BCUT2D eigenvalue weighted by atomic mass is 19.4. The Morgan fingerprint density at radius 3 is 2.65 bits per heavy atom. The van der Waals surface area contributed by atoms with E-state index >= 15 is 0 Å². The number of allylic oxidation sites excluding steroid dienone is 1.